The minimum absolute atomic E-state index is 0.00411. The van der Waals surface area contributed by atoms with Crippen molar-refractivity contribution in [3.63, 3.8) is 0 Å². The van der Waals surface area contributed by atoms with Crippen LogP contribution in [-0.2, 0) is 10.2 Å². The van der Waals surface area contributed by atoms with E-state index in [1.165, 1.54) is 5.56 Å². The van der Waals surface area contributed by atoms with Gasteiger partial charge >= 0.3 is 0 Å². The van der Waals surface area contributed by atoms with Crippen molar-refractivity contribution in [2.75, 3.05) is 13.2 Å². The van der Waals surface area contributed by atoms with Crippen molar-refractivity contribution >= 4 is 23.2 Å². The molecule has 27 heavy (non-hydrogen) atoms. The summed E-state index contributed by atoms with van der Waals surface area (Å²) >= 11 is 1.55. The van der Waals surface area contributed by atoms with Gasteiger partial charge in [0.05, 0.1) is 6.04 Å². The molecule has 0 aliphatic carbocycles. The minimum atomic E-state index is -0.192. The smallest absolute Gasteiger partial charge is 0.251 e. The van der Waals surface area contributed by atoms with Gasteiger partial charge in [-0.15, -0.1) is 11.3 Å². The largest absolute Gasteiger partial charge is 0.396 e. The molecule has 0 fully saturated rings. The lowest BCUT2D eigenvalue weighted by Crippen LogP contribution is -2.33. The second-order valence-electron chi connectivity index (χ2n) is 7.48. The number of rotatable bonds is 8. The van der Waals surface area contributed by atoms with Crippen LogP contribution in [0.5, 0.6) is 0 Å². The molecular formula is C21H28N2O3S. The Morgan fingerprint density at radius 1 is 1.15 bits per heavy atom. The lowest BCUT2D eigenvalue weighted by atomic mass is 9.87. The van der Waals surface area contributed by atoms with Crippen LogP contribution in [0.2, 0.25) is 0 Å². The highest BCUT2D eigenvalue weighted by Crippen LogP contribution is 2.22. The standard InChI is InChI=1S/C21H28N2O3S/c1-21(2,3)16-8-6-15(7-9-16)20(26)22-12-10-19(25)23-17(11-13-24)18-5-4-14-27-18/h4-9,14,17,24H,10-13H2,1-3H3,(H,22,26)(H,23,25). The summed E-state index contributed by atoms with van der Waals surface area (Å²) in [5, 5.41) is 16.8. The Labute approximate surface area is 164 Å². The summed E-state index contributed by atoms with van der Waals surface area (Å²) in [6.07, 6.45) is 0.665. The first-order chi connectivity index (χ1) is 12.8. The van der Waals surface area contributed by atoms with Crippen LogP contribution in [0, 0.1) is 0 Å². The first kappa shape index (κ1) is 21.1. The number of thiophene rings is 1. The molecule has 1 unspecified atom stereocenters. The molecule has 0 saturated carbocycles. The van der Waals surface area contributed by atoms with Crippen molar-refractivity contribution in [3.05, 3.63) is 57.8 Å². The molecule has 1 aromatic heterocycles. The lowest BCUT2D eigenvalue weighted by Gasteiger charge is -2.19. The number of benzene rings is 1. The van der Waals surface area contributed by atoms with Crippen LogP contribution < -0.4 is 10.6 Å². The van der Waals surface area contributed by atoms with Gasteiger partial charge in [-0.3, -0.25) is 9.59 Å². The molecule has 2 rings (SSSR count). The van der Waals surface area contributed by atoms with Gasteiger partial charge in [0, 0.05) is 30.0 Å². The highest BCUT2D eigenvalue weighted by Gasteiger charge is 2.16. The van der Waals surface area contributed by atoms with Gasteiger partial charge in [-0.25, -0.2) is 0 Å². The summed E-state index contributed by atoms with van der Waals surface area (Å²) in [7, 11) is 0. The molecule has 2 aromatic rings. The van der Waals surface area contributed by atoms with Crippen LogP contribution in [0.25, 0.3) is 0 Å². The number of amides is 2. The van der Waals surface area contributed by atoms with E-state index < -0.39 is 0 Å². The molecule has 5 nitrogen and oxygen atoms in total. The van der Waals surface area contributed by atoms with E-state index in [1.54, 1.807) is 11.3 Å². The maximum atomic E-state index is 12.2. The quantitative estimate of drug-likeness (QED) is 0.648. The van der Waals surface area contributed by atoms with Gasteiger partial charge in [-0.1, -0.05) is 39.0 Å². The summed E-state index contributed by atoms with van der Waals surface area (Å²) in [5.41, 5.74) is 1.79. The van der Waals surface area contributed by atoms with Crippen LogP contribution in [-0.4, -0.2) is 30.1 Å². The number of carbonyl (C=O) groups is 2. The molecule has 0 bridgehead atoms. The van der Waals surface area contributed by atoms with Crippen molar-refractivity contribution in [2.45, 2.75) is 45.1 Å². The lowest BCUT2D eigenvalue weighted by molar-refractivity contribution is -0.121. The van der Waals surface area contributed by atoms with E-state index >= 15 is 0 Å². The second kappa shape index (κ2) is 9.67. The molecule has 0 spiro atoms. The highest BCUT2D eigenvalue weighted by molar-refractivity contribution is 7.10. The molecule has 3 N–H and O–H groups in total. The zero-order valence-electron chi connectivity index (χ0n) is 16.1. The summed E-state index contributed by atoms with van der Waals surface area (Å²) in [6, 6.07) is 11.2. The van der Waals surface area contributed by atoms with Crippen LogP contribution in [0.15, 0.2) is 41.8 Å². The highest BCUT2D eigenvalue weighted by atomic mass is 32.1. The van der Waals surface area contributed by atoms with Gasteiger partial charge in [0.2, 0.25) is 5.91 Å². The molecule has 1 atom stereocenters. The van der Waals surface area contributed by atoms with Gasteiger partial charge in [-0.2, -0.15) is 0 Å². The molecule has 1 aromatic carbocycles. The van der Waals surface area contributed by atoms with E-state index in [9.17, 15) is 14.7 Å². The number of hydrogen-bond donors (Lipinski definition) is 3. The van der Waals surface area contributed by atoms with Crippen molar-refractivity contribution in [3.8, 4) is 0 Å². The van der Waals surface area contributed by atoms with E-state index in [2.05, 4.69) is 31.4 Å². The molecule has 0 aliphatic rings. The Bertz CT molecular complexity index is 734. The van der Waals surface area contributed by atoms with E-state index in [1.807, 2.05) is 41.8 Å². The molecule has 2 amide bonds. The molecule has 146 valence electrons. The normalized spacial score (nSPS) is 12.4. The van der Waals surface area contributed by atoms with Crippen LogP contribution in [0.1, 0.15) is 60.5 Å². The predicted molar refractivity (Wildman–Crippen MR) is 109 cm³/mol. The van der Waals surface area contributed by atoms with E-state index in [4.69, 9.17) is 0 Å². The summed E-state index contributed by atoms with van der Waals surface area (Å²) < 4.78 is 0. The van der Waals surface area contributed by atoms with Gasteiger partial charge < -0.3 is 15.7 Å². The van der Waals surface area contributed by atoms with E-state index in [0.717, 1.165) is 4.88 Å². The maximum Gasteiger partial charge on any atom is 0.251 e. The maximum absolute atomic E-state index is 12.2. The zero-order chi connectivity index (χ0) is 19.9. The average molecular weight is 389 g/mol. The van der Waals surface area contributed by atoms with Crippen LogP contribution in [0.3, 0.4) is 0 Å². The Hall–Kier alpha value is -2.18. The van der Waals surface area contributed by atoms with Gasteiger partial charge in [0.1, 0.15) is 0 Å². The van der Waals surface area contributed by atoms with Gasteiger partial charge in [0.25, 0.3) is 5.91 Å². The molecule has 0 radical (unpaired) electrons. The topological polar surface area (TPSA) is 78.4 Å². The molecule has 6 heteroatoms. The Balaban J connectivity index is 1.81. The van der Waals surface area contributed by atoms with Crippen LogP contribution >= 0.6 is 11.3 Å². The first-order valence-electron chi connectivity index (χ1n) is 9.13. The predicted octanol–water partition coefficient (Wildman–Crippen LogP) is 3.41. The Morgan fingerprint density at radius 2 is 1.85 bits per heavy atom. The number of carbonyl (C=O) groups excluding carboxylic acids is 2. The summed E-state index contributed by atoms with van der Waals surface area (Å²) in [6.45, 7) is 6.65. The Kier molecular flexibility index (Phi) is 7.56. The Morgan fingerprint density at radius 3 is 2.41 bits per heavy atom. The fraction of sp³-hybridized carbons (Fsp3) is 0.429. The third-order valence-electron chi connectivity index (χ3n) is 4.29. The molecule has 0 aliphatic heterocycles. The van der Waals surface area contributed by atoms with Crippen LogP contribution in [0.4, 0.5) is 0 Å². The van der Waals surface area contributed by atoms with Gasteiger partial charge in [-0.05, 0) is 41.0 Å². The van der Waals surface area contributed by atoms with Crippen molar-refractivity contribution in [1.29, 1.82) is 0 Å². The molecule has 1 heterocycles. The first-order valence-corrected chi connectivity index (χ1v) is 10.0. The minimum Gasteiger partial charge on any atom is -0.396 e. The number of hydrogen-bond acceptors (Lipinski definition) is 4. The molecular weight excluding hydrogens is 360 g/mol. The number of nitrogens with one attached hydrogen (secondary N) is 2. The SMILES string of the molecule is CC(C)(C)c1ccc(C(=O)NCCC(=O)NC(CCO)c2cccs2)cc1. The fourth-order valence-electron chi connectivity index (χ4n) is 2.68. The van der Waals surface area contributed by atoms with Gasteiger partial charge in [0.15, 0.2) is 0 Å². The number of aliphatic hydroxyl groups is 1. The van der Waals surface area contributed by atoms with Crippen molar-refractivity contribution in [2.24, 2.45) is 0 Å². The van der Waals surface area contributed by atoms with E-state index in [0.29, 0.717) is 12.0 Å². The monoisotopic (exact) mass is 388 g/mol. The second-order valence-corrected chi connectivity index (χ2v) is 8.46. The number of aliphatic hydroxyl groups excluding tert-OH is 1. The van der Waals surface area contributed by atoms with Crippen molar-refractivity contribution in [1.82, 2.24) is 10.6 Å². The van der Waals surface area contributed by atoms with E-state index in [-0.39, 0.29) is 42.8 Å². The third kappa shape index (κ3) is 6.48. The summed E-state index contributed by atoms with van der Waals surface area (Å²) in [4.78, 5) is 25.4. The fourth-order valence-corrected chi connectivity index (χ4v) is 3.50. The van der Waals surface area contributed by atoms with Crippen molar-refractivity contribution < 1.29 is 14.7 Å². The summed E-state index contributed by atoms with van der Waals surface area (Å²) in [5.74, 6) is -0.335. The zero-order valence-corrected chi connectivity index (χ0v) is 16.9. The third-order valence-corrected chi connectivity index (χ3v) is 5.28. The molecule has 0 saturated heterocycles. The average Bonchev–Trinajstić information content (AvgIpc) is 3.15.